The number of benzene rings is 1. The first-order valence-electron chi connectivity index (χ1n) is 12.0. The third kappa shape index (κ3) is 4.85. The van der Waals surface area contributed by atoms with E-state index in [0.29, 0.717) is 49.9 Å². The van der Waals surface area contributed by atoms with Gasteiger partial charge in [0.15, 0.2) is 0 Å². The number of carbonyl (C=O) groups is 1. The summed E-state index contributed by atoms with van der Waals surface area (Å²) in [4.78, 5) is 26.4. The molecule has 2 aromatic rings. The van der Waals surface area contributed by atoms with Gasteiger partial charge in [0.05, 0.1) is 11.6 Å². The summed E-state index contributed by atoms with van der Waals surface area (Å²) in [5, 5.41) is 4.18. The second-order valence-electron chi connectivity index (χ2n) is 9.62. The Morgan fingerprint density at radius 3 is 2.61 bits per heavy atom. The first-order valence-corrected chi connectivity index (χ1v) is 12.4. The van der Waals surface area contributed by atoms with E-state index in [-0.39, 0.29) is 17.7 Å². The van der Waals surface area contributed by atoms with Crippen molar-refractivity contribution in [2.45, 2.75) is 44.2 Å². The Morgan fingerprint density at radius 1 is 1.18 bits per heavy atom. The van der Waals surface area contributed by atoms with Gasteiger partial charge in [-0.15, -0.1) is 0 Å². The molecule has 1 N–H and O–H groups in total. The van der Waals surface area contributed by atoms with Gasteiger partial charge in [-0.2, -0.15) is 0 Å². The molecule has 1 aromatic heterocycles. The monoisotopic (exact) mass is 471 g/mol. The van der Waals surface area contributed by atoms with E-state index < -0.39 is 6.17 Å². The predicted molar refractivity (Wildman–Crippen MR) is 127 cm³/mol. The van der Waals surface area contributed by atoms with Crippen molar-refractivity contribution in [1.29, 1.82) is 0 Å². The average Bonchev–Trinajstić information content (AvgIpc) is 3.61. The molecular weight excluding hydrogens is 441 g/mol. The summed E-state index contributed by atoms with van der Waals surface area (Å²) >= 11 is 6.08. The van der Waals surface area contributed by atoms with E-state index in [1.807, 2.05) is 36.1 Å². The molecule has 2 fully saturated rings. The lowest BCUT2D eigenvalue weighted by Crippen LogP contribution is -2.51. The summed E-state index contributed by atoms with van der Waals surface area (Å²) in [5.74, 6) is 1.61. The van der Waals surface area contributed by atoms with E-state index in [4.69, 9.17) is 11.6 Å². The third-order valence-electron chi connectivity index (χ3n) is 7.18. The Hall–Kier alpha value is -2.25. The Bertz CT molecular complexity index is 991. The molecule has 0 unspecified atom stereocenters. The molecule has 0 bridgehead atoms. The highest BCUT2D eigenvalue weighted by molar-refractivity contribution is 6.30. The van der Waals surface area contributed by atoms with Gasteiger partial charge in [-0.3, -0.25) is 4.79 Å². The Labute approximate surface area is 199 Å². The molecule has 176 valence electrons. The van der Waals surface area contributed by atoms with Crippen LogP contribution in [-0.2, 0) is 4.79 Å². The smallest absolute Gasteiger partial charge is 0.231 e. The molecule has 1 aliphatic heterocycles. The summed E-state index contributed by atoms with van der Waals surface area (Å²) in [5.41, 5.74) is 2.47. The second-order valence-corrected chi connectivity index (χ2v) is 10.1. The normalized spacial score (nSPS) is 23.5. The standard InChI is InChI=1S/C25H31ClFN5O/c1-16-12-21(27)23-22(16)24(30-15-29-23)31-8-10-32(11-9-31)25(33)20(14-28-13-17-2-3-17)18-4-6-19(26)7-5-18/h4-7,15-17,20-21,28H,2-3,8-14H2,1H3/t16-,20-,21+/m1/s1. The summed E-state index contributed by atoms with van der Waals surface area (Å²) in [7, 11) is 0. The molecule has 8 heteroatoms. The van der Waals surface area contributed by atoms with Crippen LogP contribution >= 0.6 is 11.6 Å². The number of halogens is 2. The molecule has 1 saturated carbocycles. The van der Waals surface area contributed by atoms with Gasteiger partial charge in [-0.05, 0) is 55.3 Å². The minimum Gasteiger partial charge on any atom is -0.353 e. The number of aromatic nitrogens is 2. The number of nitrogens with zero attached hydrogens (tertiary/aromatic N) is 4. The van der Waals surface area contributed by atoms with Gasteiger partial charge in [-0.1, -0.05) is 30.7 Å². The van der Waals surface area contributed by atoms with Crippen molar-refractivity contribution in [3.8, 4) is 0 Å². The maximum absolute atomic E-state index is 14.3. The number of hydrogen-bond acceptors (Lipinski definition) is 5. The van der Waals surface area contributed by atoms with Gasteiger partial charge >= 0.3 is 0 Å². The maximum Gasteiger partial charge on any atom is 0.231 e. The Balaban J connectivity index is 1.27. The minimum atomic E-state index is -1.01. The summed E-state index contributed by atoms with van der Waals surface area (Å²) in [6.07, 6.45) is 3.49. The van der Waals surface area contributed by atoms with Crippen LogP contribution in [0.4, 0.5) is 10.2 Å². The number of fused-ring (bicyclic) bond motifs is 1. The summed E-state index contributed by atoms with van der Waals surface area (Å²) in [6.45, 7) is 6.25. The average molecular weight is 472 g/mol. The lowest BCUT2D eigenvalue weighted by molar-refractivity contribution is -0.133. The molecule has 0 spiro atoms. The molecule has 6 nitrogen and oxygen atoms in total. The van der Waals surface area contributed by atoms with Crippen LogP contribution in [0.25, 0.3) is 0 Å². The molecule has 33 heavy (non-hydrogen) atoms. The number of amides is 1. The van der Waals surface area contributed by atoms with Crippen molar-refractivity contribution in [1.82, 2.24) is 20.2 Å². The van der Waals surface area contributed by atoms with Crippen molar-refractivity contribution in [2.75, 3.05) is 44.2 Å². The number of carbonyl (C=O) groups excluding carboxylic acids is 1. The lowest BCUT2D eigenvalue weighted by Gasteiger charge is -2.38. The van der Waals surface area contributed by atoms with E-state index in [2.05, 4.69) is 20.2 Å². The highest BCUT2D eigenvalue weighted by Crippen LogP contribution is 2.44. The van der Waals surface area contributed by atoms with Crippen LogP contribution in [0.15, 0.2) is 30.6 Å². The van der Waals surface area contributed by atoms with Crippen LogP contribution in [-0.4, -0.2) is 60.0 Å². The number of hydrogen-bond donors (Lipinski definition) is 1. The van der Waals surface area contributed by atoms with Gasteiger partial charge in [-0.25, -0.2) is 14.4 Å². The molecule has 1 amide bonds. The second kappa shape index (κ2) is 9.55. The van der Waals surface area contributed by atoms with Gasteiger partial charge in [0.2, 0.25) is 5.91 Å². The van der Waals surface area contributed by atoms with Crippen molar-refractivity contribution < 1.29 is 9.18 Å². The van der Waals surface area contributed by atoms with E-state index in [1.54, 1.807) is 0 Å². The molecule has 1 saturated heterocycles. The zero-order valence-electron chi connectivity index (χ0n) is 19.0. The first kappa shape index (κ1) is 22.5. The fourth-order valence-corrected chi connectivity index (χ4v) is 5.20. The Morgan fingerprint density at radius 2 is 1.91 bits per heavy atom. The van der Waals surface area contributed by atoms with Crippen LogP contribution in [0, 0.1) is 5.92 Å². The van der Waals surface area contributed by atoms with Crippen molar-refractivity contribution in [2.24, 2.45) is 5.92 Å². The largest absolute Gasteiger partial charge is 0.353 e. The van der Waals surface area contributed by atoms with Crippen LogP contribution in [0.3, 0.4) is 0 Å². The first-order chi connectivity index (χ1) is 16.0. The number of rotatable bonds is 7. The molecule has 3 atom stereocenters. The molecule has 0 radical (unpaired) electrons. The molecule has 5 rings (SSSR count). The molecule has 2 heterocycles. The van der Waals surface area contributed by atoms with Crippen molar-refractivity contribution in [3.63, 3.8) is 0 Å². The highest BCUT2D eigenvalue weighted by Gasteiger charge is 2.36. The van der Waals surface area contributed by atoms with Crippen LogP contribution < -0.4 is 10.2 Å². The van der Waals surface area contributed by atoms with Crippen molar-refractivity contribution in [3.05, 3.63) is 52.4 Å². The van der Waals surface area contributed by atoms with E-state index in [9.17, 15) is 9.18 Å². The number of nitrogens with one attached hydrogen (secondary N) is 1. The van der Waals surface area contributed by atoms with Crippen LogP contribution in [0.2, 0.25) is 5.02 Å². The van der Waals surface area contributed by atoms with Crippen molar-refractivity contribution >= 4 is 23.3 Å². The zero-order valence-corrected chi connectivity index (χ0v) is 19.8. The van der Waals surface area contributed by atoms with E-state index >= 15 is 0 Å². The van der Waals surface area contributed by atoms with Gasteiger partial charge in [0, 0.05) is 43.3 Å². The number of alkyl halides is 1. The molecule has 1 aromatic carbocycles. The SMILES string of the molecule is C[C@@H]1C[C@H](F)c2ncnc(N3CCN(C(=O)[C@H](CNCC4CC4)c4ccc(Cl)cc4)CC3)c21. The van der Waals surface area contributed by atoms with Gasteiger partial charge in [0.1, 0.15) is 18.3 Å². The Kier molecular flexibility index (Phi) is 6.52. The molecular formula is C25H31ClFN5O. The van der Waals surface area contributed by atoms with E-state index in [0.717, 1.165) is 29.4 Å². The highest BCUT2D eigenvalue weighted by atomic mass is 35.5. The fraction of sp³-hybridized carbons (Fsp3) is 0.560. The molecule has 3 aliphatic rings. The van der Waals surface area contributed by atoms with Gasteiger partial charge in [0.25, 0.3) is 0 Å². The van der Waals surface area contributed by atoms with Crippen LogP contribution in [0.5, 0.6) is 0 Å². The summed E-state index contributed by atoms with van der Waals surface area (Å²) in [6, 6.07) is 7.62. The lowest BCUT2D eigenvalue weighted by atomic mass is 9.97. The van der Waals surface area contributed by atoms with Gasteiger partial charge < -0.3 is 15.1 Å². The third-order valence-corrected chi connectivity index (χ3v) is 7.44. The maximum atomic E-state index is 14.3. The fourth-order valence-electron chi connectivity index (χ4n) is 5.07. The zero-order chi connectivity index (χ0) is 22.9. The number of piperazine rings is 1. The van der Waals surface area contributed by atoms with E-state index in [1.165, 1.54) is 19.2 Å². The summed E-state index contributed by atoms with van der Waals surface area (Å²) < 4.78 is 14.3. The number of anilines is 1. The predicted octanol–water partition coefficient (Wildman–Crippen LogP) is 4.08. The minimum absolute atomic E-state index is 0.109. The quantitative estimate of drug-likeness (QED) is 0.659. The van der Waals surface area contributed by atoms with Crippen LogP contribution in [0.1, 0.15) is 61.0 Å². The topological polar surface area (TPSA) is 61.4 Å². The molecule has 2 aliphatic carbocycles.